The van der Waals surface area contributed by atoms with Crippen molar-refractivity contribution in [1.82, 2.24) is 5.32 Å². The highest BCUT2D eigenvalue weighted by molar-refractivity contribution is 6.15. The standard InChI is InChI=1S/C15H24N2O3/c1-5-6-16-14(20)10-7-12(18)11(13(19)8-10)9-17-15(2,3)4/h9-10,18H,5-8H2,1-4H3,(H,16,20). The summed E-state index contributed by atoms with van der Waals surface area (Å²) < 4.78 is 0. The van der Waals surface area contributed by atoms with Gasteiger partial charge >= 0.3 is 0 Å². The number of hydrogen-bond donors (Lipinski definition) is 2. The first-order chi connectivity index (χ1) is 9.24. The van der Waals surface area contributed by atoms with E-state index in [1.54, 1.807) is 0 Å². The Morgan fingerprint density at radius 1 is 1.45 bits per heavy atom. The molecule has 5 heteroatoms. The van der Waals surface area contributed by atoms with Crippen LogP contribution in [0.25, 0.3) is 0 Å². The van der Waals surface area contributed by atoms with Gasteiger partial charge < -0.3 is 10.4 Å². The minimum atomic E-state index is -0.471. The number of nitrogens with one attached hydrogen (secondary N) is 1. The molecule has 1 amide bonds. The second kappa shape index (κ2) is 6.68. The first-order valence-corrected chi connectivity index (χ1v) is 7.03. The number of Topliss-reactive ketones (excluding diaryl/α,β-unsaturated/α-hetero) is 1. The quantitative estimate of drug-likeness (QED) is 0.775. The van der Waals surface area contributed by atoms with Gasteiger partial charge in [0.25, 0.3) is 0 Å². The number of allylic oxidation sites excluding steroid dienone is 2. The Balaban J connectivity index is 2.79. The van der Waals surface area contributed by atoms with Crippen LogP contribution in [-0.2, 0) is 9.59 Å². The van der Waals surface area contributed by atoms with Gasteiger partial charge in [-0.05, 0) is 27.2 Å². The predicted octanol–water partition coefficient (Wildman–Crippen LogP) is 2.17. The van der Waals surface area contributed by atoms with Crippen LogP contribution in [0.1, 0.15) is 47.0 Å². The van der Waals surface area contributed by atoms with Crippen LogP contribution < -0.4 is 5.32 Å². The Bertz CT molecular complexity index is 445. The van der Waals surface area contributed by atoms with Crippen LogP contribution >= 0.6 is 0 Å². The molecule has 0 saturated heterocycles. The van der Waals surface area contributed by atoms with Crippen molar-refractivity contribution in [1.29, 1.82) is 0 Å². The van der Waals surface area contributed by atoms with E-state index in [-0.39, 0.29) is 41.4 Å². The van der Waals surface area contributed by atoms with Crippen LogP contribution in [0.15, 0.2) is 16.3 Å². The van der Waals surface area contributed by atoms with Gasteiger partial charge in [-0.3, -0.25) is 14.6 Å². The molecule has 1 rings (SSSR count). The molecule has 2 N–H and O–H groups in total. The molecule has 0 heterocycles. The lowest BCUT2D eigenvalue weighted by Gasteiger charge is -2.22. The predicted molar refractivity (Wildman–Crippen MR) is 78.9 cm³/mol. The minimum Gasteiger partial charge on any atom is -0.511 e. The van der Waals surface area contributed by atoms with Gasteiger partial charge in [-0.2, -0.15) is 0 Å². The van der Waals surface area contributed by atoms with Crippen molar-refractivity contribution in [3.05, 3.63) is 11.3 Å². The molecule has 5 nitrogen and oxygen atoms in total. The maximum absolute atomic E-state index is 12.0. The molecule has 0 bridgehead atoms. The second-order valence-corrected chi connectivity index (χ2v) is 6.11. The van der Waals surface area contributed by atoms with Crippen molar-refractivity contribution in [3.8, 4) is 0 Å². The van der Waals surface area contributed by atoms with Crippen LogP contribution in [-0.4, -0.2) is 35.1 Å². The Labute approximate surface area is 120 Å². The van der Waals surface area contributed by atoms with Gasteiger partial charge in [-0.1, -0.05) is 6.92 Å². The highest BCUT2D eigenvalue weighted by atomic mass is 16.3. The summed E-state index contributed by atoms with van der Waals surface area (Å²) in [5.41, 5.74) is -0.0671. The van der Waals surface area contributed by atoms with Gasteiger partial charge in [0.15, 0.2) is 5.78 Å². The van der Waals surface area contributed by atoms with E-state index in [1.807, 2.05) is 27.7 Å². The van der Waals surface area contributed by atoms with E-state index in [2.05, 4.69) is 10.3 Å². The third-order valence-corrected chi connectivity index (χ3v) is 2.98. The van der Waals surface area contributed by atoms with Gasteiger partial charge in [-0.25, -0.2) is 0 Å². The van der Waals surface area contributed by atoms with E-state index in [4.69, 9.17) is 0 Å². The van der Waals surface area contributed by atoms with Gasteiger partial charge in [0.2, 0.25) is 5.91 Å². The maximum atomic E-state index is 12.0. The normalized spacial score (nSPS) is 20.6. The average molecular weight is 280 g/mol. The van der Waals surface area contributed by atoms with E-state index in [1.165, 1.54) is 6.21 Å². The van der Waals surface area contributed by atoms with Crippen LogP contribution in [0.3, 0.4) is 0 Å². The number of amides is 1. The molecule has 1 aliphatic rings. The topological polar surface area (TPSA) is 78.8 Å². The summed E-state index contributed by atoms with van der Waals surface area (Å²) in [6.07, 6.45) is 2.60. The lowest BCUT2D eigenvalue weighted by atomic mass is 9.86. The highest BCUT2D eigenvalue weighted by Crippen LogP contribution is 2.25. The molecule has 0 aromatic carbocycles. The van der Waals surface area contributed by atoms with Crippen molar-refractivity contribution in [2.75, 3.05) is 6.54 Å². The number of nitrogens with zero attached hydrogens (tertiary/aromatic N) is 1. The number of aliphatic hydroxyl groups is 1. The third-order valence-electron chi connectivity index (χ3n) is 2.98. The van der Waals surface area contributed by atoms with Gasteiger partial charge in [-0.15, -0.1) is 0 Å². The van der Waals surface area contributed by atoms with Crippen molar-refractivity contribution >= 4 is 17.9 Å². The second-order valence-electron chi connectivity index (χ2n) is 6.11. The molecule has 0 fully saturated rings. The smallest absolute Gasteiger partial charge is 0.224 e. The molecule has 1 aliphatic carbocycles. The summed E-state index contributed by atoms with van der Waals surface area (Å²) in [4.78, 5) is 28.1. The molecule has 112 valence electrons. The molecule has 1 atom stereocenters. The summed E-state index contributed by atoms with van der Waals surface area (Å²) in [7, 11) is 0. The van der Waals surface area contributed by atoms with Gasteiger partial charge in [0.1, 0.15) is 5.76 Å². The first kappa shape index (κ1) is 16.4. The zero-order chi connectivity index (χ0) is 15.3. The largest absolute Gasteiger partial charge is 0.511 e. The van der Waals surface area contributed by atoms with Gasteiger partial charge in [0, 0.05) is 25.6 Å². The molecule has 20 heavy (non-hydrogen) atoms. The number of aliphatic imine (C=N–C) groups is 1. The van der Waals surface area contributed by atoms with Crippen molar-refractivity contribution in [2.45, 2.75) is 52.5 Å². The summed E-state index contributed by atoms with van der Waals surface area (Å²) in [5.74, 6) is -0.899. The third kappa shape index (κ3) is 4.79. The zero-order valence-corrected chi connectivity index (χ0v) is 12.7. The van der Waals surface area contributed by atoms with Crippen LogP contribution in [0.5, 0.6) is 0 Å². The van der Waals surface area contributed by atoms with Crippen LogP contribution in [0.4, 0.5) is 0 Å². The monoisotopic (exact) mass is 280 g/mol. The lowest BCUT2D eigenvalue weighted by Crippen LogP contribution is -2.35. The number of carbonyl (C=O) groups is 2. The van der Waals surface area contributed by atoms with E-state index < -0.39 is 5.92 Å². The lowest BCUT2D eigenvalue weighted by molar-refractivity contribution is -0.129. The fourth-order valence-electron chi connectivity index (χ4n) is 1.89. The van der Waals surface area contributed by atoms with Crippen LogP contribution in [0.2, 0.25) is 0 Å². The summed E-state index contributed by atoms with van der Waals surface area (Å²) >= 11 is 0. The zero-order valence-electron chi connectivity index (χ0n) is 12.7. The summed E-state index contributed by atoms with van der Waals surface area (Å²) in [6, 6.07) is 0. The molecule has 0 aromatic rings. The molecular weight excluding hydrogens is 256 g/mol. The molecule has 0 saturated carbocycles. The highest BCUT2D eigenvalue weighted by Gasteiger charge is 2.31. The minimum absolute atomic E-state index is 0.0362. The average Bonchev–Trinajstić information content (AvgIpc) is 2.33. The van der Waals surface area contributed by atoms with Crippen molar-refractivity contribution < 1.29 is 14.7 Å². The fraction of sp³-hybridized carbons (Fsp3) is 0.667. The number of carbonyl (C=O) groups excluding carboxylic acids is 2. The van der Waals surface area contributed by atoms with Gasteiger partial charge in [0.05, 0.1) is 17.0 Å². The molecule has 1 unspecified atom stereocenters. The number of aliphatic hydroxyl groups excluding tert-OH is 1. The number of hydrogen-bond acceptors (Lipinski definition) is 4. The molecule has 0 spiro atoms. The Hall–Kier alpha value is -1.65. The summed E-state index contributed by atoms with van der Waals surface area (Å²) in [6.45, 7) is 8.29. The molecule has 0 aliphatic heterocycles. The first-order valence-electron chi connectivity index (χ1n) is 7.03. The maximum Gasteiger partial charge on any atom is 0.224 e. The fourth-order valence-corrected chi connectivity index (χ4v) is 1.89. The molecule has 0 aromatic heterocycles. The van der Waals surface area contributed by atoms with E-state index in [9.17, 15) is 14.7 Å². The van der Waals surface area contributed by atoms with E-state index in [0.717, 1.165) is 6.42 Å². The van der Waals surface area contributed by atoms with Crippen molar-refractivity contribution in [2.24, 2.45) is 10.9 Å². The Kier molecular flexibility index (Phi) is 5.48. The molecule has 0 radical (unpaired) electrons. The van der Waals surface area contributed by atoms with E-state index in [0.29, 0.717) is 6.54 Å². The number of ketones is 1. The van der Waals surface area contributed by atoms with E-state index >= 15 is 0 Å². The number of rotatable bonds is 4. The Morgan fingerprint density at radius 2 is 2.10 bits per heavy atom. The van der Waals surface area contributed by atoms with Crippen LogP contribution in [0, 0.1) is 5.92 Å². The molecular formula is C15H24N2O3. The SMILES string of the molecule is CCCNC(=O)C1CC(=O)C(C=NC(C)(C)C)=C(O)C1. The van der Waals surface area contributed by atoms with Crippen molar-refractivity contribution in [3.63, 3.8) is 0 Å². The summed E-state index contributed by atoms with van der Waals surface area (Å²) in [5, 5.41) is 12.7. The Morgan fingerprint density at radius 3 is 2.60 bits per heavy atom.